The van der Waals surface area contributed by atoms with Crippen molar-refractivity contribution >= 4 is 0 Å². The van der Waals surface area contributed by atoms with Gasteiger partial charge in [0.05, 0.1) is 18.3 Å². The van der Waals surface area contributed by atoms with Crippen LogP contribution in [0.15, 0.2) is 18.2 Å². The molecule has 0 N–H and O–H groups in total. The minimum atomic E-state index is -0.696. The largest absolute Gasteiger partial charge is 0.250 e. The Bertz CT molecular complexity index is 341. The van der Waals surface area contributed by atoms with Crippen LogP contribution in [-0.2, 0) is 0 Å². The second-order valence-electron chi connectivity index (χ2n) is 2.69. The Balaban J connectivity index is 3.17. The third-order valence-corrected chi connectivity index (χ3v) is 1.76. The van der Waals surface area contributed by atoms with Crippen molar-refractivity contribution < 1.29 is 8.78 Å². The molecule has 1 radical (unpaired) electrons. The van der Waals surface area contributed by atoms with Gasteiger partial charge in [0.25, 0.3) is 0 Å². The van der Waals surface area contributed by atoms with Crippen LogP contribution < -0.4 is 0 Å². The molecule has 67 valence electrons. The van der Waals surface area contributed by atoms with Crippen molar-refractivity contribution in [2.24, 2.45) is 0 Å². The summed E-state index contributed by atoms with van der Waals surface area (Å²) in [6.07, 6.45) is 0. The van der Waals surface area contributed by atoms with Crippen LogP contribution in [0.4, 0.5) is 8.78 Å². The first-order valence-electron chi connectivity index (χ1n) is 3.77. The predicted octanol–water partition coefficient (Wildman–Crippen LogP) is 2.58. The first kappa shape index (κ1) is 9.66. The molecule has 1 rings (SSSR count). The first-order valence-corrected chi connectivity index (χ1v) is 3.77. The summed E-state index contributed by atoms with van der Waals surface area (Å²) in [5, 5.41) is 8.63. The lowest BCUT2D eigenvalue weighted by molar-refractivity contribution is 0.464. The van der Waals surface area contributed by atoms with Crippen molar-refractivity contribution in [2.45, 2.75) is 5.92 Å². The lowest BCUT2D eigenvalue weighted by Gasteiger charge is -2.08. The molecule has 0 bridgehead atoms. The Hall–Kier alpha value is -1.43. The summed E-state index contributed by atoms with van der Waals surface area (Å²) in [4.78, 5) is 0. The van der Waals surface area contributed by atoms with Crippen LogP contribution in [0, 0.1) is 24.1 Å². The number of hydrogen-bond donors (Lipinski definition) is 0. The van der Waals surface area contributed by atoms with Crippen molar-refractivity contribution in [2.75, 3.05) is 6.67 Å². The van der Waals surface area contributed by atoms with Gasteiger partial charge in [0.1, 0.15) is 5.82 Å². The number of nitrogens with zero attached hydrogens (tertiary/aromatic N) is 1. The van der Waals surface area contributed by atoms with Crippen LogP contribution in [0.1, 0.15) is 17.0 Å². The fourth-order valence-electron chi connectivity index (χ4n) is 1.06. The molecule has 1 nitrogen and oxygen atoms in total. The Kier molecular flexibility index (Phi) is 2.97. The van der Waals surface area contributed by atoms with Gasteiger partial charge in [-0.25, -0.2) is 4.39 Å². The van der Waals surface area contributed by atoms with Crippen molar-refractivity contribution in [1.82, 2.24) is 0 Å². The molecule has 13 heavy (non-hydrogen) atoms. The molecule has 0 fully saturated rings. The maximum Gasteiger partial charge on any atom is 0.123 e. The zero-order valence-corrected chi connectivity index (χ0v) is 6.93. The van der Waals surface area contributed by atoms with E-state index in [-0.39, 0.29) is 5.56 Å². The monoisotopic (exact) mass is 180 g/mol. The number of hydrogen-bond acceptors (Lipinski definition) is 1. The molecular formula is C10H8F2N. The zero-order chi connectivity index (χ0) is 9.84. The van der Waals surface area contributed by atoms with Gasteiger partial charge in [-0.1, -0.05) is 0 Å². The molecule has 0 heterocycles. The summed E-state index contributed by atoms with van der Waals surface area (Å²) in [5.74, 6) is -1.15. The first-order chi connectivity index (χ1) is 6.19. The van der Waals surface area contributed by atoms with Gasteiger partial charge in [-0.3, -0.25) is 4.39 Å². The van der Waals surface area contributed by atoms with Crippen LogP contribution in [0.5, 0.6) is 0 Å². The average Bonchev–Trinajstić information content (AvgIpc) is 2.16. The molecule has 0 aromatic heterocycles. The van der Waals surface area contributed by atoms with E-state index < -0.39 is 18.4 Å². The van der Waals surface area contributed by atoms with Gasteiger partial charge in [-0.2, -0.15) is 5.26 Å². The molecule has 0 saturated carbocycles. The maximum absolute atomic E-state index is 12.7. The summed E-state index contributed by atoms with van der Waals surface area (Å²) >= 11 is 0. The highest BCUT2D eigenvalue weighted by Crippen LogP contribution is 2.20. The molecule has 0 amide bonds. The quantitative estimate of drug-likeness (QED) is 0.686. The molecule has 1 aromatic carbocycles. The summed E-state index contributed by atoms with van der Waals surface area (Å²) < 4.78 is 24.9. The van der Waals surface area contributed by atoms with E-state index in [2.05, 4.69) is 6.92 Å². The third kappa shape index (κ3) is 2.03. The highest BCUT2D eigenvalue weighted by atomic mass is 19.1. The second kappa shape index (κ2) is 3.99. The van der Waals surface area contributed by atoms with Gasteiger partial charge in [-0.15, -0.1) is 0 Å². The van der Waals surface area contributed by atoms with Gasteiger partial charge in [0.15, 0.2) is 0 Å². The van der Waals surface area contributed by atoms with Crippen molar-refractivity contribution in [3.8, 4) is 6.07 Å². The molecule has 3 heteroatoms. The fraction of sp³-hybridized carbons (Fsp3) is 0.200. The average molecular weight is 180 g/mol. The van der Waals surface area contributed by atoms with Crippen LogP contribution >= 0.6 is 0 Å². The van der Waals surface area contributed by atoms with Crippen molar-refractivity contribution in [1.29, 1.82) is 5.26 Å². The topological polar surface area (TPSA) is 23.8 Å². The molecule has 1 atom stereocenters. The van der Waals surface area contributed by atoms with Gasteiger partial charge < -0.3 is 0 Å². The molecule has 0 aliphatic carbocycles. The second-order valence-corrected chi connectivity index (χ2v) is 2.69. The van der Waals surface area contributed by atoms with Gasteiger partial charge in [0, 0.05) is 5.92 Å². The maximum atomic E-state index is 12.7. The van der Waals surface area contributed by atoms with Crippen LogP contribution in [0.3, 0.4) is 0 Å². The van der Waals surface area contributed by atoms with E-state index in [1.807, 2.05) is 6.07 Å². The van der Waals surface area contributed by atoms with Crippen LogP contribution in [0.2, 0.25) is 0 Å². The fourth-order valence-corrected chi connectivity index (χ4v) is 1.06. The number of benzene rings is 1. The van der Waals surface area contributed by atoms with E-state index in [1.54, 1.807) is 0 Å². The van der Waals surface area contributed by atoms with Gasteiger partial charge in [0.2, 0.25) is 0 Å². The van der Waals surface area contributed by atoms with Crippen molar-refractivity contribution in [3.05, 3.63) is 42.1 Å². The molecule has 1 aromatic rings. The summed E-state index contributed by atoms with van der Waals surface area (Å²) in [6, 6.07) is 5.52. The minimum Gasteiger partial charge on any atom is -0.250 e. The van der Waals surface area contributed by atoms with E-state index in [0.29, 0.717) is 5.56 Å². The summed E-state index contributed by atoms with van der Waals surface area (Å²) in [6.45, 7) is 2.79. The highest BCUT2D eigenvalue weighted by Gasteiger charge is 2.11. The van der Waals surface area contributed by atoms with Gasteiger partial charge in [-0.05, 0) is 30.7 Å². The van der Waals surface area contributed by atoms with Gasteiger partial charge >= 0.3 is 0 Å². The Morgan fingerprint density at radius 2 is 2.23 bits per heavy atom. The van der Waals surface area contributed by atoms with E-state index in [0.717, 1.165) is 6.07 Å². The minimum absolute atomic E-state index is 0.277. The SMILES string of the molecule is [CH2]C(CF)c1cc(F)ccc1C#N. The molecular weight excluding hydrogens is 172 g/mol. The summed E-state index contributed by atoms with van der Waals surface area (Å²) in [7, 11) is 0. The standard InChI is InChI=1S/C10H8F2N/c1-7(5-11)10-4-9(12)3-2-8(10)6-13/h2-4,7H,1,5H2. The zero-order valence-electron chi connectivity index (χ0n) is 6.93. The Labute approximate surface area is 75.6 Å². The number of halogens is 2. The number of alkyl halides is 1. The Morgan fingerprint density at radius 3 is 2.77 bits per heavy atom. The lowest BCUT2D eigenvalue weighted by atomic mass is 9.97. The summed E-state index contributed by atoms with van der Waals surface area (Å²) in [5.41, 5.74) is 0.601. The van der Waals surface area contributed by atoms with E-state index in [1.165, 1.54) is 12.1 Å². The number of nitriles is 1. The normalized spacial score (nSPS) is 12.2. The van der Waals surface area contributed by atoms with E-state index in [4.69, 9.17) is 5.26 Å². The molecule has 0 saturated heterocycles. The number of rotatable bonds is 2. The van der Waals surface area contributed by atoms with E-state index >= 15 is 0 Å². The van der Waals surface area contributed by atoms with E-state index in [9.17, 15) is 8.78 Å². The van der Waals surface area contributed by atoms with Crippen molar-refractivity contribution in [3.63, 3.8) is 0 Å². The third-order valence-electron chi connectivity index (χ3n) is 1.76. The molecule has 0 aliphatic rings. The Morgan fingerprint density at radius 1 is 1.54 bits per heavy atom. The van der Waals surface area contributed by atoms with Crippen LogP contribution in [0.25, 0.3) is 0 Å². The lowest BCUT2D eigenvalue weighted by Crippen LogP contribution is -2.00. The predicted molar refractivity (Wildman–Crippen MR) is 45.2 cm³/mol. The highest BCUT2D eigenvalue weighted by molar-refractivity contribution is 5.40. The molecule has 0 spiro atoms. The van der Waals surface area contributed by atoms with Crippen LogP contribution in [-0.4, -0.2) is 6.67 Å². The molecule has 0 aliphatic heterocycles. The molecule has 1 unspecified atom stereocenters. The smallest absolute Gasteiger partial charge is 0.123 e.